The number of carbonyl (C=O) groups excluding carboxylic acids is 2. The lowest BCUT2D eigenvalue weighted by molar-refractivity contribution is -0.148. The Morgan fingerprint density at radius 1 is 0.893 bits per heavy atom. The molecule has 0 rings (SSSR count). The first-order valence-corrected chi connectivity index (χ1v) is 11.0. The van der Waals surface area contributed by atoms with Crippen molar-refractivity contribution in [3.05, 3.63) is 0 Å². The summed E-state index contributed by atoms with van der Waals surface area (Å²) in [5, 5.41) is 2.81. The third kappa shape index (κ3) is 16.4. The van der Waals surface area contributed by atoms with Crippen LogP contribution in [0.4, 0.5) is 0 Å². The van der Waals surface area contributed by atoms with E-state index in [0.29, 0.717) is 32.4 Å². The first-order chi connectivity index (χ1) is 13.5. The predicted molar refractivity (Wildman–Crippen MR) is 115 cm³/mol. The number of nitrogens with one attached hydrogen (secondary N) is 1. The highest BCUT2D eigenvalue weighted by Gasteiger charge is 2.21. The molecule has 0 aromatic heterocycles. The third-order valence-electron chi connectivity index (χ3n) is 4.52. The zero-order valence-electron chi connectivity index (χ0n) is 18.0. The van der Waals surface area contributed by atoms with E-state index in [1.807, 2.05) is 6.92 Å². The number of hydrogen-bond acceptors (Lipinski definition) is 4. The van der Waals surface area contributed by atoms with Crippen LogP contribution in [0.2, 0.25) is 0 Å². The Bertz CT molecular complexity index is 437. The van der Waals surface area contributed by atoms with Gasteiger partial charge in [0.05, 0.1) is 6.61 Å². The van der Waals surface area contributed by atoms with Crippen molar-refractivity contribution in [3.8, 4) is 0 Å². The topological polar surface area (TPSA) is 120 Å². The van der Waals surface area contributed by atoms with Crippen molar-refractivity contribution in [3.63, 3.8) is 0 Å². The summed E-state index contributed by atoms with van der Waals surface area (Å²) in [6.45, 7) is 4.94. The van der Waals surface area contributed by atoms with Gasteiger partial charge in [0.15, 0.2) is 5.96 Å². The molecule has 0 aliphatic rings. The van der Waals surface area contributed by atoms with E-state index in [4.69, 9.17) is 16.2 Å². The van der Waals surface area contributed by atoms with E-state index in [1.165, 1.54) is 44.9 Å². The number of guanidine groups is 1. The van der Waals surface area contributed by atoms with Crippen LogP contribution in [0.5, 0.6) is 0 Å². The van der Waals surface area contributed by atoms with Crippen LogP contribution >= 0.6 is 0 Å². The van der Waals surface area contributed by atoms with Crippen LogP contribution in [0.1, 0.15) is 97.3 Å². The number of carbonyl (C=O) groups is 2. The van der Waals surface area contributed by atoms with Gasteiger partial charge in [0.25, 0.3) is 0 Å². The maximum Gasteiger partial charge on any atom is 0.328 e. The standard InChI is InChI=1S/C21H42N4O3/c1-3-5-6-7-8-9-10-11-12-15-19(26)25-18(20(27)28-17-4-2)14-13-16-24-21(22)23/h18H,3-17H2,1-2H3,(H,25,26)(H4,22,23,24)/t18-/m0/s1. The molecule has 0 unspecified atom stereocenters. The summed E-state index contributed by atoms with van der Waals surface area (Å²) in [4.78, 5) is 28.3. The molecular weight excluding hydrogens is 356 g/mol. The molecule has 1 amide bonds. The molecule has 0 radical (unpaired) electrons. The molecule has 28 heavy (non-hydrogen) atoms. The van der Waals surface area contributed by atoms with E-state index >= 15 is 0 Å². The summed E-state index contributed by atoms with van der Waals surface area (Å²) in [7, 11) is 0. The van der Waals surface area contributed by atoms with Crippen LogP contribution in [0, 0.1) is 0 Å². The minimum atomic E-state index is -0.633. The molecule has 164 valence electrons. The lowest BCUT2D eigenvalue weighted by atomic mass is 10.1. The van der Waals surface area contributed by atoms with Gasteiger partial charge in [-0.15, -0.1) is 0 Å². The number of nitrogens with two attached hydrogens (primary N) is 2. The molecule has 0 saturated carbocycles. The Morgan fingerprint density at radius 2 is 1.50 bits per heavy atom. The molecule has 0 aliphatic carbocycles. The fourth-order valence-electron chi connectivity index (χ4n) is 2.92. The number of rotatable bonds is 18. The Hall–Kier alpha value is -1.79. The second kappa shape index (κ2) is 18.6. The first-order valence-electron chi connectivity index (χ1n) is 11.0. The molecule has 0 aliphatic heterocycles. The number of aliphatic imine (C=N–C) groups is 1. The van der Waals surface area contributed by atoms with Gasteiger partial charge < -0.3 is 21.5 Å². The first kappa shape index (κ1) is 26.2. The van der Waals surface area contributed by atoms with E-state index in [2.05, 4.69) is 17.2 Å². The number of nitrogens with zero attached hydrogens (tertiary/aromatic N) is 1. The average molecular weight is 399 g/mol. The smallest absolute Gasteiger partial charge is 0.328 e. The summed E-state index contributed by atoms with van der Waals surface area (Å²) in [5.41, 5.74) is 10.6. The van der Waals surface area contributed by atoms with Gasteiger partial charge in [0.1, 0.15) is 6.04 Å². The largest absolute Gasteiger partial charge is 0.464 e. The quantitative estimate of drug-likeness (QED) is 0.141. The highest BCUT2D eigenvalue weighted by atomic mass is 16.5. The molecule has 7 nitrogen and oxygen atoms in total. The van der Waals surface area contributed by atoms with Crippen molar-refractivity contribution in [1.29, 1.82) is 0 Å². The molecule has 1 atom stereocenters. The third-order valence-corrected chi connectivity index (χ3v) is 4.52. The summed E-state index contributed by atoms with van der Waals surface area (Å²) >= 11 is 0. The zero-order chi connectivity index (χ0) is 21.0. The summed E-state index contributed by atoms with van der Waals surface area (Å²) in [5.74, 6) is -0.449. The molecule has 0 heterocycles. The van der Waals surface area contributed by atoms with Gasteiger partial charge in [-0.1, -0.05) is 65.2 Å². The van der Waals surface area contributed by atoms with Crippen LogP contribution in [0.15, 0.2) is 4.99 Å². The highest BCUT2D eigenvalue weighted by Crippen LogP contribution is 2.11. The summed E-state index contributed by atoms with van der Waals surface area (Å²) < 4.78 is 5.19. The predicted octanol–water partition coefficient (Wildman–Crippen LogP) is 3.40. The minimum absolute atomic E-state index is 0.0273. The normalized spacial score (nSPS) is 11.6. The van der Waals surface area contributed by atoms with Crippen LogP contribution in [-0.2, 0) is 14.3 Å². The van der Waals surface area contributed by atoms with Crippen LogP contribution in [0.3, 0.4) is 0 Å². The van der Waals surface area contributed by atoms with Crippen molar-refractivity contribution in [2.75, 3.05) is 13.2 Å². The van der Waals surface area contributed by atoms with Gasteiger partial charge in [0, 0.05) is 13.0 Å². The van der Waals surface area contributed by atoms with Crippen molar-refractivity contribution in [1.82, 2.24) is 5.32 Å². The van der Waals surface area contributed by atoms with Gasteiger partial charge in [-0.2, -0.15) is 0 Å². The number of hydrogen-bond donors (Lipinski definition) is 3. The highest BCUT2D eigenvalue weighted by molar-refractivity contribution is 5.84. The molecule has 0 bridgehead atoms. The van der Waals surface area contributed by atoms with E-state index in [0.717, 1.165) is 19.3 Å². The van der Waals surface area contributed by atoms with E-state index in [9.17, 15) is 9.59 Å². The Kier molecular flexibility index (Phi) is 17.4. The van der Waals surface area contributed by atoms with Gasteiger partial charge in [-0.3, -0.25) is 9.79 Å². The van der Waals surface area contributed by atoms with Crippen LogP contribution in [0.25, 0.3) is 0 Å². The Balaban J connectivity index is 4.07. The van der Waals surface area contributed by atoms with Crippen LogP contribution in [-0.4, -0.2) is 37.0 Å². The fourth-order valence-corrected chi connectivity index (χ4v) is 2.92. The number of unbranched alkanes of at least 4 members (excludes halogenated alkanes) is 8. The summed E-state index contributed by atoms with van der Waals surface area (Å²) in [6.07, 6.45) is 13.1. The van der Waals surface area contributed by atoms with Gasteiger partial charge in [0.2, 0.25) is 5.91 Å². The van der Waals surface area contributed by atoms with E-state index < -0.39 is 6.04 Å². The van der Waals surface area contributed by atoms with Gasteiger partial charge >= 0.3 is 5.97 Å². The fraction of sp³-hybridized carbons (Fsp3) is 0.857. The molecular formula is C21H42N4O3. The van der Waals surface area contributed by atoms with Gasteiger partial charge in [-0.05, 0) is 25.7 Å². The number of amides is 1. The number of ether oxygens (including phenoxy) is 1. The molecule has 5 N–H and O–H groups in total. The van der Waals surface area contributed by atoms with E-state index in [-0.39, 0.29) is 17.8 Å². The Morgan fingerprint density at radius 3 is 2.07 bits per heavy atom. The molecule has 0 fully saturated rings. The summed E-state index contributed by atoms with van der Waals surface area (Å²) in [6, 6.07) is -0.633. The van der Waals surface area contributed by atoms with Crippen molar-refractivity contribution < 1.29 is 14.3 Å². The van der Waals surface area contributed by atoms with E-state index in [1.54, 1.807) is 0 Å². The average Bonchev–Trinajstić information content (AvgIpc) is 2.66. The molecule has 0 aromatic rings. The van der Waals surface area contributed by atoms with Crippen molar-refractivity contribution in [2.24, 2.45) is 16.5 Å². The maximum atomic E-state index is 12.2. The lowest BCUT2D eigenvalue weighted by Crippen LogP contribution is -2.42. The van der Waals surface area contributed by atoms with Crippen molar-refractivity contribution >= 4 is 17.8 Å². The second-order valence-corrected chi connectivity index (χ2v) is 7.31. The zero-order valence-corrected chi connectivity index (χ0v) is 18.0. The molecule has 0 spiro atoms. The monoisotopic (exact) mass is 398 g/mol. The minimum Gasteiger partial charge on any atom is -0.464 e. The molecule has 0 saturated heterocycles. The van der Waals surface area contributed by atoms with Gasteiger partial charge in [-0.25, -0.2) is 4.79 Å². The lowest BCUT2D eigenvalue weighted by Gasteiger charge is -2.17. The SMILES string of the molecule is CCCCCCCCCCCC(=O)N[C@@H](CCCN=C(N)N)C(=O)OCCC. The maximum absolute atomic E-state index is 12.2. The van der Waals surface area contributed by atoms with Crippen LogP contribution < -0.4 is 16.8 Å². The molecule has 7 heteroatoms. The Labute approximate surface area is 171 Å². The number of esters is 1. The van der Waals surface area contributed by atoms with Crippen molar-refractivity contribution in [2.45, 2.75) is 103 Å². The molecule has 0 aromatic carbocycles. The second-order valence-electron chi connectivity index (χ2n) is 7.31.